The predicted octanol–water partition coefficient (Wildman–Crippen LogP) is 3.88. The van der Waals surface area contributed by atoms with Gasteiger partial charge in [-0.25, -0.2) is 4.98 Å². The molecule has 1 N–H and O–H groups in total. The SMILES string of the molecule is Cc1cccc(N2CCN(C(=O)[C@H](C)SCc3nc4sc(C)c(C)c4c(=O)[nH]3)CC2)c1. The number of hydrogen-bond acceptors (Lipinski definition) is 6. The highest BCUT2D eigenvalue weighted by Gasteiger charge is 2.25. The second-order valence-corrected chi connectivity index (χ2v) is 10.6. The standard InChI is InChI=1S/C23H28N4O2S2/c1-14-6-5-7-18(12-14)26-8-10-27(11-9-26)23(29)17(4)30-13-19-24-21(28)20-15(2)16(3)31-22(20)25-19/h5-7,12,17H,8-11,13H2,1-4H3,(H,24,25,28)/t17-/m0/s1. The molecule has 1 aliphatic heterocycles. The first-order valence-electron chi connectivity index (χ1n) is 10.5. The highest BCUT2D eigenvalue weighted by Crippen LogP contribution is 2.27. The van der Waals surface area contributed by atoms with Crippen LogP contribution < -0.4 is 10.5 Å². The van der Waals surface area contributed by atoms with Crippen LogP contribution >= 0.6 is 23.1 Å². The molecular weight excluding hydrogens is 428 g/mol. The second-order valence-electron chi connectivity index (χ2n) is 8.08. The van der Waals surface area contributed by atoms with E-state index in [1.54, 1.807) is 11.3 Å². The van der Waals surface area contributed by atoms with Gasteiger partial charge >= 0.3 is 0 Å². The second kappa shape index (κ2) is 9.04. The molecule has 1 atom stereocenters. The number of benzene rings is 1. The van der Waals surface area contributed by atoms with Gasteiger partial charge in [-0.3, -0.25) is 9.59 Å². The normalized spacial score (nSPS) is 15.5. The molecule has 164 valence electrons. The number of hydrogen-bond donors (Lipinski definition) is 1. The van der Waals surface area contributed by atoms with Gasteiger partial charge in [0.05, 0.1) is 16.4 Å². The van der Waals surface area contributed by atoms with E-state index in [1.165, 1.54) is 23.0 Å². The van der Waals surface area contributed by atoms with Crippen molar-refractivity contribution in [3.63, 3.8) is 0 Å². The molecule has 0 unspecified atom stereocenters. The molecule has 6 nitrogen and oxygen atoms in total. The number of H-pyrrole nitrogens is 1. The number of aromatic nitrogens is 2. The zero-order valence-corrected chi connectivity index (χ0v) is 20.0. The van der Waals surface area contributed by atoms with Gasteiger partial charge in [0.1, 0.15) is 10.7 Å². The van der Waals surface area contributed by atoms with Gasteiger partial charge in [0.2, 0.25) is 5.91 Å². The number of piperazine rings is 1. The predicted molar refractivity (Wildman–Crippen MR) is 130 cm³/mol. The van der Waals surface area contributed by atoms with Gasteiger partial charge in [-0.1, -0.05) is 12.1 Å². The molecule has 1 amide bonds. The molecule has 0 spiro atoms. The molecule has 2 aromatic heterocycles. The van der Waals surface area contributed by atoms with Gasteiger partial charge in [-0.15, -0.1) is 23.1 Å². The first kappa shape index (κ1) is 21.9. The fourth-order valence-electron chi connectivity index (χ4n) is 3.91. The smallest absolute Gasteiger partial charge is 0.259 e. The molecule has 8 heteroatoms. The molecule has 4 rings (SSSR count). The number of anilines is 1. The number of carbonyl (C=O) groups excluding carboxylic acids is 1. The molecule has 3 aromatic rings. The number of aromatic amines is 1. The Kier molecular flexibility index (Phi) is 6.39. The number of thioether (sulfide) groups is 1. The van der Waals surface area contributed by atoms with Crippen LogP contribution in [-0.4, -0.2) is 52.2 Å². The van der Waals surface area contributed by atoms with Crippen molar-refractivity contribution < 1.29 is 4.79 Å². The van der Waals surface area contributed by atoms with Crippen LogP contribution in [0.4, 0.5) is 5.69 Å². The summed E-state index contributed by atoms with van der Waals surface area (Å²) in [7, 11) is 0. The van der Waals surface area contributed by atoms with Crippen molar-refractivity contribution in [2.24, 2.45) is 0 Å². The number of fused-ring (bicyclic) bond motifs is 1. The van der Waals surface area contributed by atoms with E-state index in [0.717, 1.165) is 41.5 Å². The molecule has 0 bridgehead atoms. The third-order valence-corrected chi connectivity index (χ3v) is 8.11. The van der Waals surface area contributed by atoms with E-state index in [9.17, 15) is 9.59 Å². The molecule has 0 aliphatic carbocycles. The summed E-state index contributed by atoms with van der Waals surface area (Å²) in [6.45, 7) is 11.1. The minimum atomic E-state index is -0.182. The minimum Gasteiger partial charge on any atom is -0.368 e. The number of carbonyl (C=O) groups is 1. The minimum absolute atomic E-state index is 0.0892. The van der Waals surface area contributed by atoms with E-state index >= 15 is 0 Å². The van der Waals surface area contributed by atoms with Crippen LogP contribution in [0.3, 0.4) is 0 Å². The summed E-state index contributed by atoms with van der Waals surface area (Å²) < 4.78 is 0. The number of nitrogens with zero attached hydrogens (tertiary/aromatic N) is 3. The molecule has 3 heterocycles. The Bertz CT molecular complexity index is 1160. The Morgan fingerprint density at radius 2 is 1.97 bits per heavy atom. The van der Waals surface area contributed by atoms with Crippen LogP contribution in [0.1, 0.15) is 28.8 Å². The summed E-state index contributed by atoms with van der Waals surface area (Å²) >= 11 is 3.08. The lowest BCUT2D eigenvalue weighted by atomic mass is 10.2. The maximum Gasteiger partial charge on any atom is 0.259 e. The monoisotopic (exact) mass is 456 g/mol. The van der Waals surface area contributed by atoms with E-state index < -0.39 is 0 Å². The molecule has 1 aliphatic rings. The van der Waals surface area contributed by atoms with E-state index in [2.05, 4.69) is 46.1 Å². The summed E-state index contributed by atoms with van der Waals surface area (Å²) in [5, 5.41) is 0.505. The summed E-state index contributed by atoms with van der Waals surface area (Å²) in [5.74, 6) is 1.30. The highest BCUT2D eigenvalue weighted by atomic mass is 32.2. The molecule has 1 aromatic carbocycles. The Morgan fingerprint density at radius 1 is 1.23 bits per heavy atom. The molecule has 0 saturated carbocycles. The molecule has 1 saturated heterocycles. The lowest BCUT2D eigenvalue weighted by Gasteiger charge is -2.37. The maximum absolute atomic E-state index is 12.9. The number of amides is 1. The van der Waals surface area contributed by atoms with Gasteiger partial charge in [0, 0.05) is 36.7 Å². The first-order valence-corrected chi connectivity index (χ1v) is 12.4. The summed E-state index contributed by atoms with van der Waals surface area (Å²) in [5.41, 5.74) is 3.38. The third-order valence-electron chi connectivity index (χ3n) is 5.86. The Balaban J connectivity index is 1.34. The van der Waals surface area contributed by atoms with Crippen LogP contribution in [-0.2, 0) is 10.5 Å². The number of thiophene rings is 1. The van der Waals surface area contributed by atoms with Crippen molar-refractivity contribution in [3.05, 3.63) is 56.4 Å². The van der Waals surface area contributed by atoms with Crippen LogP contribution in [0.5, 0.6) is 0 Å². The summed E-state index contributed by atoms with van der Waals surface area (Å²) in [4.78, 5) is 39.1. The van der Waals surface area contributed by atoms with Crippen LogP contribution in [0.2, 0.25) is 0 Å². The summed E-state index contributed by atoms with van der Waals surface area (Å²) in [6.07, 6.45) is 0. The van der Waals surface area contributed by atoms with E-state index in [-0.39, 0.29) is 16.7 Å². The third kappa shape index (κ3) is 4.65. The average Bonchev–Trinajstić information content (AvgIpc) is 3.05. The van der Waals surface area contributed by atoms with Crippen LogP contribution in [0, 0.1) is 20.8 Å². The molecular formula is C23H28N4O2S2. The number of nitrogens with one attached hydrogen (secondary N) is 1. The van der Waals surface area contributed by atoms with Gasteiger partial charge in [0.25, 0.3) is 5.56 Å². The molecule has 0 radical (unpaired) electrons. The zero-order valence-electron chi connectivity index (χ0n) is 18.4. The van der Waals surface area contributed by atoms with Gasteiger partial charge < -0.3 is 14.8 Å². The quantitative estimate of drug-likeness (QED) is 0.631. The lowest BCUT2D eigenvalue weighted by molar-refractivity contribution is -0.130. The van der Waals surface area contributed by atoms with Crippen LogP contribution in [0.25, 0.3) is 10.2 Å². The summed E-state index contributed by atoms with van der Waals surface area (Å²) in [6, 6.07) is 8.50. The fourth-order valence-corrected chi connectivity index (χ4v) is 5.79. The zero-order chi connectivity index (χ0) is 22.1. The Hall–Kier alpha value is -2.32. The Morgan fingerprint density at radius 3 is 2.68 bits per heavy atom. The molecule has 31 heavy (non-hydrogen) atoms. The van der Waals surface area contributed by atoms with Gasteiger partial charge in [-0.05, 0) is 51.0 Å². The average molecular weight is 457 g/mol. The first-order chi connectivity index (χ1) is 14.8. The van der Waals surface area contributed by atoms with Crippen molar-refractivity contribution in [1.29, 1.82) is 0 Å². The van der Waals surface area contributed by atoms with Crippen molar-refractivity contribution >= 4 is 44.9 Å². The lowest BCUT2D eigenvalue weighted by Crippen LogP contribution is -2.50. The van der Waals surface area contributed by atoms with E-state index in [4.69, 9.17) is 0 Å². The number of aryl methyl sites for hydroxylation is 3. The van der Waals surface area contributed by atoms with Gasteiger partial charge in [-0.2, -0.15) is 0 Å². The van der Waals surface area contributed by atoms with Crippen molar-refractivity contribution in [2.45, 2.75) is 38.7 Å². The molecule has 1 fully saturated rings. The largest absolute Gasteiger partial charge is 0.368 e. The van der Waals surface area contributed by atoms with Crippen LogP contribution in [0.15, 0.2) is 29.1 Å². The van der Waals surface area contributed by atoms with Crippen molar-refractivity contribution in [1.82, 2.24) is 14.9 Å². The highest BCUT2D eigenvalue weighted by molar-refractivity contribution is 7.99. The maximum atomic E-state index is 12.9. The van der Waals surface area contributed by atoms with E-state index in [0.29, 0.717) is 17.0 Å². The van der Waals surface area contributed by atoms with E-state index in [1.807, 2.05) is 25.7 Å². The Labute approximate surface area is 190 Å². The number of rotatable bonds is 5. The van der Waals surface area contributed by atoms with Crippen molar-refractivity contribution in [2.75, 3.05) is 31.1 Å². The fraction of sp³-hybridized carbons (Fsp3) is 0.435. The van der Waals surface area contributed by atoms with Gasteiger partial charge in [0.15, 0.2) is 0 Å². The topological polar surface area (TPSA) is 69.3 Å². The van der Waals surface area contributed by atoms with Crippen molar-refractivity contribution in [3.8, 4) is 0 Å².